The van der Waals surface area contributed by atoms with Crippen LogP contribution in [-0.4, -0.2) is 26.1 Å². The van der Waals surface area contributed by atoms with Crippen LogP contribution in [0.15, 0.2) is 18.2 Å². The Morgan fingerprint density at radius 3 is 2.67 bits per heavy atom. The maximum absolute atomic E-state index is 12.1. The Morgan fingerprint density at radius 2 is 2.11 bits per heavy atom. The molecule has 0 aliphatic heterocycles. The van der Waals surface area contributed by atoms with E-state index in [0.717, 1.165) is 18.4 Å². The van der Waals surface area contributed by atoms with Gasteiger partial charge < -0.3 is 9.47 Å². The van der Waals surface area contributed by atoms with Gasteiger partial charge in [0.25, 0.3) is 6.43 Å². The first-order valence-corrected chi connectivity index (χ1v) is 5.74. The molecule has 0 spiro atoms. The highest BCUT2D eigenvalue weighted by Gasteiger charge is 2.25. The summed E-state index contributed by atoms with van der Waals surface area (Å²) in [6.07, 6.45) is -0.422. The van der Waals surface area contributed by atoms with Crippen molar-refractivity contribution in [3.8, 4) is 5.75 Å². The molecule has 18 heavy (non-hydrogen) atoms. The van der Waals surface area contributed by atoms with Crippen LogP contribution in [0.1, 0.15) is 34.7 Å². The van der Waals surface area contributed by atoms with E-state index in [1.807, 2.05) is 0 Å². The molecule has 1 fully saturated rings. The first kappa shape index (κ1) is 12.8. The molecule has 0 bridgehead atoms. The third-order valence-corrected chi connectivity index (χ3v) is 2.77. The Labute approximate surface area is 104 Å². The van der Waals surface area contributed by atoms with Gasteiger partial charge in [-0.2, -0.15) is 0 Å². The molecule has 0 unspecified atom stereocenters. The molecule has 1 aromatic rings. The lowest BCUT2D eigenvalue weighted by Gasteiger charge is -2.09. The summed E-state index contributed by atoms with van der Waals surface area (Å²) in [4.78, 5) is 11.5. The summed E-state index contributed by atoms with van der Waals surface area (Å²) in [5.74, 6) is 0.211. The molecule has 0 aromatic heterocycles. The van der Waals surface area contributed by atoms with E-state index in [9.17, 15) is 13.6 Å². The monoisotopic (exact) mass is 256 g/mol. The third-order valence-electron chi connectivity index (χ3n) is 2.77. The van der Waals surface area contributed by atoms with E-state index in [2.05, 4.69) is 4.74 Å². The van der Waals surface area contributed by atoms with Crippen molar-refractivity contribution in [3.05, 3.63) is 29.3 Å². The second-order valence-corrected chi connectivity index (χ2v) is 4.26. The molecule has 0 radical (unpaired) electrons. The van der Waals surface area contributed by atoms with Crippen LogP contribution in [0.2, 0.25) is 0 Å². The van der Waals surface area contributed by atoms with Crippen molar-refractivity contribution in [2.45, 2.75) is 25.2 Å². The Bertz CT molecular complexity index is 442. The van der Waals surface area contributed by atoms with Gasteiger partial charge in [-0.1, -0.05) is 0 Å². The molecular weight excluding hydrogens is 242 g/mol. The first-order valence-electron chi connectivity index (χ1n) is 5.74. The number of methoxy groups -OCH3 is 1. The van der Waals surface area contributed by atoms with E-state index in [-0.39, 0.29) is 0 Å². The average Bonchev–Trinajstić information content (AvgIpc) is 3.19. The van der Waals surface area contributed by atoms with E-state index in [1.54, 1.807) is 12.1 Å². The molecule has 1 aliphatic rings. The van der Waals surface area contributed by atoms with Crippen molar-refractivity contribution in [1.29, 1.82) is 0 Å². The summed E-state index contributed by atoms with van der Waals surface area (Å²) in [7, 11) is 1.28. The fraction of sp³-hybridized carbons (Fsp3) is 0.462. The molecule has 3 nitrogen and oxygen atoms in total. The largest absolute Gasteiger partial charge is 0.488 e. The maximum Gasteiger partial charge on any atom is 0.337 e. The van der Waals surface area contributed by atoms with E-state index >= 15 is 0 Å². The van der Waals surface area contributed by atoms with Gasteiger partial charge in [0.15, 0.2) is 0 Å². The Hall–Kier alpha value is -1.65. The molecule has 0 atom stereocenters. The van der Waals surface area contributed by atoms with E-state index in [0.29, 0.717) is 17.2 Å². The summed E-state index contributed by atoms with van der Waals surface area (Å²) in [5.41, 5.74) is 1.29. The molecule has 1 aliphatic carbocycles. The van der Waals surface area contributed by atoms with Crippen LogP contribution in [0.3, 0.4) is 0 Å². The molecular formula is C13H14F2O3. The van der Waals surface area contributed by atoms with Crippen molar-refractivity contribution in [2.24, 2.45) is 0 Å². The molecule has 0 heterocycles. The summed E-state index contributed by atoms with van der Waals surface area (Å²) in [6.45, 7) is -0.672. The standard InChI is InChI=1S/C13H14F2O3/c1-17-13(16)10-4-9(8-2-3-8)5-11(6-10)18-7-12(14)15/h4-6,8,12H,2-3,7H2,1H3. The van der Waals surface area contributed by atoms with Crippen LogP contribution in [0.4, 0.5) is 8.78 Å². The van der Waals surface area contributed by atoms with E-state index in [1.165, 1.54) is 13.2 Å². The van der Waals surface area contributed by atoms with Gasteiger partial charge in [-0.25, -0.2) is 13.6 Å². The maximum atomic E-state index is 12.1. The highest BCUT2D eigenvalue weighted by molar-refractivity contribution is 5.90. The van der Waals surface area contributed by atoms with Crippen LogP contribution in [-0.2, 0) is 4.74 Å². The minimum Gasteiger partial charge on any atom is -0.488 e. The van der Waals surface area contributed by atoms with Crippen molar-refractivity contribution in [3.63, 3.8) is 0 Å². The van der Waals surface area contributed by atoms with Gasteiger partial charge in [-0.15, -0.1) is 0 Å². The van der Waals surface area contributed by atoms with Crippen molar-refractivity contribution < 1.29 is 23.0 Å². The summed E-state index contributed by atoms with van der Waals surface area (Å²) >= 11 is 0. The lowest BCUT2D eigenvalue weighted by molar-refractivity contribution is 0.0599. The van der Waals surface area contributed by atoms with Crippen LogP contribution < -0.4 is 4.74 Å². The molecule has 2 rings (SSSR count). The number of benzene rings is 1. The molecule has 0 amide bonds. The van der Waals surface area contributed by atoms with Gasteiger partial charge in [-0.3, -0.25) is 0 Å². The lowest BCUT2D eigenvalue weighted by atomic mass is 10.1. The van der Waals surface area contributed by atoms with E-state index in [4.69, 9.17) is 4.74 Å². The lowest BCUT2D eigenvalue weighted by Crippen LogP contribution is -2.08. The van der Waals surface area contributed by atoms with Gasteiger partial charge in [-0.05, 0) is 42.5 Å². The molecule has 5 heteroatoms. The van der Waals surface area contributed by atoms with Crippen LogP contribution in [0.5, 0.6) is 5.75 Å². The first-order chi connectivity index (χ1) is 8.60. The SMILES string of the molecule is COC(=O)c1cc(OCC(F)F)cc(C2CC2)c1. The minimum absolute atomic E-state index is 0.292. The van der Waals surface area contributed by atoms with Crippen molar-refractivity contribution in [2.75, 3.05) is 13.7 Å². The topological polar surface area (TPSA) is 35.5 Å². The van der Waals surface area contributed by atoms with Crippen molar-refractivity contribution >= 4 is 5.97 Å². The van der Waals surface area contributed by atoms with Crippen LogP contribution >= 0.6 is 0 Å². The smallest absolute Gasteiger partial charge is 0.337 e. The Kier molecular flexibility index (Phi) is 3.79. The number of esters is 1. The number of ether oxygens (including phenoxy) is 2. The zero-order chi connectivity index (χ0) is 13.1. The number of rotatable bonds is 5. The van der Waals surface area contributed by atoms with Crippen LogP contribution in [0, 0.1) is 0 Å². The number of hydrogen-bond acceptors (Lipinski definition) is 3. The summed E-state index contributed by atoms with van der Waals surface area (Å²) in [6, 6.07) is 4.88. The molecule has 1 aromatic carbocycles. The zero-order valence-corrected chi connectivity index (χ0v) is 9.99. The number of carbonyl (C=O) groups excluding carboxylic acids is 1. The fourth-order valence-corrected chi connectivity index (χ4v) is 1.75. The Morgan fingerprint density at radius 1 is 1.39 bits per heavy atom. The number of alkyl halides is 2. The fourth-order valence-electron chi connectivity index (χ4n) is 1.75. The van der Waals surface area contributed by atoms with E-state index < -0.39 is 19.0 Å². The predicted molar refractivity (Wildman–Crippen MR) is 61.3 cm³/mol. The van der Waals surface area contributed by atoms with Gasteiger partial charge in [0.2, 0.25) is 0 Å². The molecule has 0 N–H and O–H groups in total. The van der Waals surface area contributed by atoms with Gasteiger partial charge >= 0.3 is 5.97 Å². The summed E-state index contributed by atoms with van der Waals surface area (Å²) < 4.78 is 33.8. The predicted octanol–water partition coefficient (Wildman–Crippen LogP) is 2.99. The number of halogens is 2. The average molecular weight is 256 g/mol. The number of carbonyl (C=O) groups is 1. The quantitative estimate of drug-likeness (QED) is 0.760. The van der Waals surface area contributed by atoms with Gasteiger partial charge in [0.1, 0.15) is 12.4 Å². The highest BCUT2D eigenvalue weighted by atomic mass is 19.3. The number of hydrogen-bond donors (Lipinski definition) is 0. The van der Waals surface area contributed by atoms with Crippen molar-refractivity contribution in [1.82, 2.24) is 0 Å². The zero-order valence-electron chi connectivity index (χ0n) is 9.99. The molecule has 0 saturated heterocycles. The summed E-state index contributed by atoms with van der Waals surface area (Å²) in [5, 5.41) is 0. The highest BCUT2D eigenvalue weighted by Crippen LogP contribution is 2.41. The normalized spacial score (nSPS) is 14.7. The van der Waals surface area contributed by atoms with Gasteiger partial charge in [0.05, 0.1) is 12.7 Å². The van der Waals surface area contributed by atoms with Crippen LogP contribution in [0.25, 0.3) is 0 Å². The molecule has 1 saturated carbocycles. The Balaban J connectivity index is 2.21. The third kappa shape index (κ3) is 3.18. The minimum atomic E-state index is -2.53. The van der Waals surface area contributed by atoms with Gasteiger partial charge in [0, 0.05) is 0 Å². The second kappa shape index (κ2) is 5.33. The second-order valence-electron chi connectivity index (χ2n) is 4.26. The molecule has 98 valence electrons.